The Bertz CT molecular complexity index is 295. The van der Waals surface area contributed by atoms with E-state index in [1.54, 1.807) is 7.11 Å². The molecule has 1 aliphatic rings. The summed E-state index contributed by atoms with van der Waals surface area (Å²) in [4.78, 5) is 0. The van der Waals surface area contributed by atoms with Gasteiger partial charge < -0.3 is 14.2 Å². The number of fused-ring (bicyclic) bond motifs is 1. The van der Waals surface area contributed by atoms with Crippen molar-refractivity contribution in [2.75, 3.05) is 7.11 Å². The van der Waals surface area contributed by atoms with Crippen molar-refractivity contribution in [3.63, 3.8) is 0 Å². The van der Waals surface area contributed by atoms with Gasteiger partial charge in [-0.1, -0.05) is 12.1 Å². The molecule has 1 heterocycles. The topological polar surface area (TPSA) is 27.7 Å². The zero-order chi connectivity index (χ0) is 9.26. The van der Waals surface area contributed by atoms with Crippen LogP contribution in [0.4, 0.5) is 0 Å². The van der Waals surface area contributed by atoms with Crippen molar-refractivity contribution in [1.29, 1.82) is 0 Å². The maximum atomic E-state index is 5.51. The van der Waals surface area contributed by atoms with Gasteiger partial charge in [0, 0.05) is 5.56 Å². The van der Waals surface area contributed by atoms with Gasteiger partial charge in [0.05, 0.1) is 13.7 Å². The first kappa shape index (κ1) is 8.38. The lowest BCUT2D eigenvalue weighted by atomic mass is 10.2. The van der Waals surface area contributed by atoms with Crippen LogP contribution in [0.3, 0.4) is 0 Å². The van der Waals surface area contributed by atoms with E-state index < -0.39 is 0 Å². The summed E-state index contributed by atoms with van der Waals surface area (Å²) in [5.74, 6) is 1.58. The average molecular weight is 180 g/mol. The molecular formula is C10H12O3. The van der Waals surface area contributed by atoms with Crippen LogP contribution in [-0.4, -0.2) is 13.4 Å². The number of benzene rings is 1. The van der Waals surface area contributed by atoms with E-state index >= 15 is 0 Å². The van der Waals surface area contributed by atoms with E-state index in [1.807, 2.05) is 25.1 Å². The smallest absolute Gasteiger partial charge is 0.197 e. The Morgan fingerprint density at radius 2 is 2.31 bits per heavy atom. The maximum absolute atomic E-state index is 5.51. The summed E-state index contributed by atoms with van der Waals surface area (Å²) < 4.78 is 16.0. The van der Waals surface area contributed by atoms with Crippen LogP contribution < -0.4 is 9.47 Å². The summed E-state index contributed by atoms with van der Waals surface area (Å²) in [5.41, 5.74) is 1.04. The monoisotopic (exact) mass is 180 g/mol. The van der Waals surface area contributed by atoms with Gasteiger partial charge >= 0.3 is 0 Å². The number of hydrogen-bond donors (Lipinski definition) is 0. The number of para-hydroxylation sites is 1. The molecule has 13 heavy (non-hydrogen) atoms. The lowest BCUT2D eigenvalue weighted by molar-refractivity contribution is -0.0955. The standard InChI is InChI=1S/C10H12O3/c1-7-12-6-8-4-3-5-9(11-2)10(8)13-7/h3-5,7H,6H2,1-2H3. The van der Waals surface area contributed by atoms with Gasteiger partial charge in [-0.25, -0.2) is 0 Å². The van der Waals surface area contributed by atoms with Gasteiger partial charge in [0.1, 0.15) is 0 Å². The second-order valence-corrected chi connectivity index (χ2v) is 2.95. The lowest BCUT2D eigenvalue weighted by Gasteiger charge is -2.24. The molecular weight excluding hydrogens is 168 g/mol. The van der Waals surface area contributed by atoms with E-state index in [0.29, 0.717) is 6.61 Å². The molecule has 0 saturated heterocycles. The zero-order valence-corrected chi connectivity index (χ0v) is 7.74. The summed E-state index contributed by atoms with van der Waals surface area (Å²) in [6.45, 7) is 2.46. The van der Waals surface area contributed by atoms with Crippen molar-refractivity contribution in [1.82, 2.24) is 0 Å². The summed E-state index contributed by atoms with van der Waals surface area (Å²) >= 11 is 0. The van der Waals surface area contributed by atoms with Crippen molar-refractivity contribution in [2.45, 2.75) is 19.8 Å². The van der Waals surface area contributed by atoms with Gasteiger partial charge in [-0.3, -0.25) is 0 Å². The Labute approximate surface area is 77.2 Å². The van der Waals surface area contributed by atoms with Gasteiger partial charge in [0.25, 0.3) is 0 Å². The Balaban J connectivity index is 2.41. The summed E-state index contributed by atoms with van der Waals surface area (Å²) in [6.07, 6.45) is -0.191. The summed E-state index contributed by atoms with van der Waals surface area (Å²) in [6, 6.07) is 5.79. The van der Waals surface area contributed by atoms with Crippen molar-refractivity contribution in [3.05, 3.63) is 23.8 Å². The highest BCUT2D eigenvalue weighted by Crippen LogP contribution is 2.35. The van der Waals surface area contributed by atoms with Gasteiger partial charge in [0.15, 0.2) is 17.8 Å². The largest absolute Gasteiger partial charge is 0.493 e. The minimum absolute atomic E-state index is 0.191. The molecule has 0 N–H and O–H groups in total. The molecule has 1 aromatic rings. The Kier molecular flexibility index (Phi) is 2.10. The molecule has 1 aliphatic heterocycles. The minimum atomic E-state index is -0.191. The molecule has 0 aromatic heterocycles. The molecule has 3 nitrogen and oxygen atoms in total. The average Bonchev–Trinajstić information content (AvgIpc) is 2.17. The molecule has 1 unspecified atom stereocenters. The van der Waals surface area contributed by atoms with E-state index in [4.69, 9.17) is 14.2 Å². The molecule has 0 fully saturated rings. The molecule has 0 aliphatic carbocycles. The van der Waals surface area contributed by atoms with Crippen molar-refractivity contribution in [3.8, 4) is 11.5 Å². The fraction of sp³-hybridized carbons (Fsp3) is 0.400. The number of hydrogen-bond acceptors (Lipinski definition) is 3. The molecule has 2 rings (SSSR count). The number of rotatable bonds is 1. The summed E-state index contributed by atoms with van der Waals surface area (Å²) in [7, 11) is 1.64. The van der Waals surface area contributed by atoms with Crippen molar-refractivity contribution in [2.24, 2.45) is 0 Å². The highest BCUT2D eigenvalue weighted by molar-refractivity contribution is 5.46. The fourth-order valence-electron chi connectivity index (χ4n) is 1.38. The SMILES string of the molecule is COc1cccc2c1OC(C)OC2. The maximum Gasteiger partial charge on any atom is 0.197 e. The third kappa shape index (κ3) is 1.47. The molecule has 0 amide bonds. The zero-order valence-electron chi connectivity index (χ0n) is 7.74. The van der Waals surface area contributed by atoms with Crippen molar-refractivity contribution >= 4 is 0 Å². The Hall–Kier alpha value is -1.22. The normalized spacial score (nSPS) is 20.3. The fourth-order valence-corrected chi connectivity index (χ4v) is 1.38. The van der Waals surface area contributed by atoms with Gasteiger partial charge in [-0.2, -0.15) is 0 Å². The van der Waals surface area contributed by atoms with E-state index in [2.05, 4.69) is 0 Å². The van der Waals surface area contributed by atoms with Crippen LogP contribution in [0.1, 0.15) is 12.5 Å². The second kappa shape index (κ2) is 3.26. The van der Waals surface area contributed by atoms with Crippen LogP contribution in [0.25, 0.3) is 0 Å². The molecule has 0 spiro atoms. The van der Waals surface area contributed by atoms with E-state index in [1.165, 1.54) is 0 Å². The predicted molar refractivity (Wildman–Crippen MR) is 47.9 cm³/mol. The molecule has 0 radical (unpaired) electrons. The molecule has 70 valence electrons. The minimum Gasteiger partial charge on any atom is -0.493 e. The predicted octanol–water partition coefficient (Wildman–Crippen LogP) is 1.95. The highest BCUT2D eigenvalue weighted by atomic mass is 16.7. The van der Waals surface area contributed by atoms with Crippen molar-refractivity contribution < 1.29 is 14.2 Å². The van der Waals surface area contributed by atoms with Gasteiger partial charge in [-0.05, 0) is 13.0 Å². The summed E-state index contributed by atoms with van der Waals surface area (Å²) in [5, 5.41) is 0. The molecule has 1 aromatic carbocycles. The molecule has 0 saturated carbocycles. The third-order valence-corrected chi connectivity index (χ3v) is 2.04. The van der Waals surface area contributed by atoms with Crippen LogP contribution in [0.15, 0.2) is 18.2 Å². The first-order valence-electron chi connectivity index (χ1n) is 4.25. The Morgan fingerprint density at radius 3 is 3.08 bits per heavy atom. The van der Waals surface area contributed by atoms with Crippen LogP contribution in [0.2, 0.25) is 0 Å². The number of ether oxygens (including phenoxy) is 3. The van der Waals surface area contributed by atoms with Crippen LogP contribution >= 0.6 is 0 Å². The van der Waals surface area contributed by atoms with E-state index in [-0.39, 0.29) is 6.29 Å². The van der Waals surface area contributed by atoms with E-state index in [0.717, 1.165) is 17.1 Å². The molecule has 0 bridgehead atoms. The lowest BCUT2D eigenvalue weighted by Crippen LogP contribution is -2.22. The Morgan fingerprint density at radius 1 is 1.46 bits per heavy atom. The first-order chi connectivity index (χ1) is 6.31. The first-order valence-corrected chi connectivity index (χ1v) is 4.25. The van der Waals surface area contributed by atoms with Crippen LogP contribution in [0.5, 0.6) is 11.5 Å². The second-order valence-electron chi connectivity index (χ2n) is 2.95. The molecule has 3 heteroatoms. The van der Waals surface area contributed by atoms with Gasteiger partial charge in [-0.15, -0.1) is 0 Å². The molecule has 1 atom stereocenters. The quantitative estimate of drug-likeness (QED) is 0.661. The third-order valence-electron chi connectivity index (χ3n) is 2.04. The number of methoxy groups -OCH3 is 1. The van der Waals surface area contributed by atoms with E-state index in [9.17, 15) is 0 Å². The highest BCUT2D eigenvalue weighted by Gasteiger charge is 2.19. The van der Waals surface area contributed by atoms with Gasteiger partial charge in [0.2, 0.25) is 0 Å². The van der Waals surface area contributed by atoms with Crippen LogP contribution in [0, 0.1) is 0 Å². The van der Waals surface area contributed by atoms with Crippen LogP contribution in [-0.2, 0) is 11.3 Å².